The second-order valence-electron chi connectivity index (χ2n) is 5.73. The third-order valence-corrected chi connectivity index (χ3v) is 5.85. The molecule has 0 atom stereocenters. The van der Waals surface area contributed by atoms with Gasteiger partial charge in [0, 0.05) is 22.6 Å². The van der Waals surface area contributed by atoms with E-state index in [4.69, 9.17) is 14.2 Å². The number of nitrogens with one attached hydrogen (secondary N) is 1. The zero-order valence-electron chi connectivity index (χ0n) is 15.8. The van der Waals surface area contributed by atoms with Crippen molar-refractivity contribution in [2.45, 2.75) is 24.7 Å². The number of benzene rings is 2. The highest BCUT2D eigenvalue weighted by Gasteiger charge is 2.23. The van der Waals surface area contributed by atoms with E-state index in [-0.39, 0.29) is 30.1 Å². The molecule has 0 fully saturated rings. The van der Waals surface area contributed by atoms with Gasteiger partial charge >= 0.3 is 5.97 Å². The molecule has 0 amide bonds. The molecule has 0 bridgehead atoms. The Kier molecular flexibility index (Phi) is 7.70. The molecule has 0 saturated carbocycles. The van der Waals surface area contributed by atoms with Crippen LogP contribution in [-0.4, -0.2) is 35.2 Å². The van der Waals surface area contributed by atoms with Gasteiger partial charge in [0.1, 0.15) is 0 Å². The van der Waals surface area contributed by atoms with Gasteiger partial charge in [0.15, 0.2) is 11.5 Å². The summed E-state index contributed by atoms with van der Waals surface area (Å²) in [6.45, 7) is 1.98. The summed E-state index contributed by atoms with van der Waals surface area (Å²) in [6.07, 6.45) is 0.222. The highest BCUT2D eigenvalue weighted by atomic mass is 79.9. The average molecular weight is 472 g/mol. The number of ether oxygens (including phenoxy) is 3. The highest BCUT2D eigenvalue weighted by molar-refractivity contribution is 9.10. The monoisotopic (exact) mass is 471 g/mol. The summed E-state index contributed by atoms with van der Waals surface area (Å²) in [5, 5.41) is 0. The average Bonchev–Trinajstić information content (AvgIpc) is 2.67. The van der Waals surface area contributed by atoms with E-state index in [0.29, 0.717) is 17.0 Å². The fourth-order valence-electron chi connectivity index (χ4n) is 2.55. The van der Waals surface area contributed by atoms with Gasteiger partial charge in [-0.2, -0.15) is 0 Å². The minimum absolute atomic E-state index is 0.0115. The lowest BCUT2D eigenvalue weighted by atomic mass is 10.1. The molecule has 0 heterocycles. The number of sulfonamides is 1. The summed E-state index contributed by atoms with van der Waals surface area (Å²) in [5.74, 6) is 0.254. The van der Waals surface area contributed by atoms with Crippen molar-refractivity contribution in [3.8, 4) is 11.5 Å². The smallest absolute Gasteiger partial charge is 0.306 e. The van der Waals surface area contributed by atoms with Crippen molar-refractivity contribution in [1.29, 1.82) is 0 Å². The SMILES string of the molecule is CCOC(=O)CCc1cc(OC)c(OC)cc1S(=O)(=O)Nc1ccc(Br)cc1. The van der Waals surface area contributed by atoms with Gasteiger partial charge in [-0.1, -0.05) is 15.9 Å². The normalized spacial score (nSPS) is 11.0. The van der Waals surface area contributed by atoms with Crippen LogP contribution in [0.1, 0.15) is 18.9 Å². The number of carbonyl (C=O) groups excluding carboxylic acids is 1. The summed E-state index contributed by atoms with van der Waals surface area (Å²) < 4.78 is 44.8. The Balaban J connectivity index is 2.43. The zero-order valence-corrected chi connectivity index (χ0v) is 18.2. The first-order valence-electron chi connectivity index (χ1n) is 8.49. The minimum Gasteiger partial charge on any atom is -0.493 e. The van der Waals surface area contributed by atoms with Gasteiger partial charge in [0.25, 0.3) is 10.0 Å². The molecule has 0 saturated heterocycles. The Labute approximate surface area is 173 Å². The van der Waals surface area contributed by atoms with Crippen molar-refractivity contribution >= 4 is 37.6 Å². The van der Waals surface area contributed by atoms with Crippen LogP contribution in [0.3, 0.4) is 0 Å². The molecular formula is C19H22BrNO6S. The first-order chi connectivity index (χ1) is 13.3. The molecule has 0 aliphatic carbocycles. The van der Waals surface area contributed by atoms with Crippen LogP contribution >= 0.6 is 15.9 Å². The maximum absolute atomic E-state index is 13.0. The molecule has 152 valence electrons. The first-order valence-corrected chi connectivity index (χ1v) is 10.8. The van der Waals surface area contributed by atoms with Crippen LogP contribution in [0.5, 0.6) is 11.5 Å². The third kappa shape index (κ3) is 5.62. The van der Waals surface area contributed by atoms with E-state index in [1.165, 1.54) is 20.3 Å². The molecule has 9 heteroatoms. The topological polar surface area (TPSA) is 90.9 Å². The number of hydrogen-bond acceptors (Lipinski definition) is 6. The Bertz CT molecular complexity index is 928. The molecule has 0 aliphatic rings. The lowest BCUT2D eigenvalue weighted by Crippen LogP contribution is -2.16. The number of anilines is 1. The first kappa shape index (κ1) is 22.0. The highest BCUT2D eigenvalue weighted by Crippen LogP contribution is 2.34. The molecule has 1 N–H and O–H groups in total. The van der Waals surface area contributed by atoms with Crippen molar-refractivity contribution in [1.82, 2.24) is 0 Å². The van der Waals surface area contributed by atoms with Crippen molar-refractivity contribution in [2.75, 3.05) is 25.5 Å². The molecule has 2 aromatic rings. The van der Waals surface area contributed by atoms with Crippen molar-refractivity contribution in [2.24, 2.45) is 0 Å². The Morgan fingerprint density at radius 2 is 1.68 bits per heavy atom. The Hall–Kier alpha value is -2.26. The van der Waals surface area contributed by atoms with Crippen LogP contribution in [0, 0.1) is 0 Å². The largest absolute Gasteiger partial charge is 0.493 e. The lowest BCUT2D eigenvalue weighted by Gasteiger charge is -2.16. The summed E-state index contributed by atoms with van der Waals surface area (Å²) in [5.41, 5.74) is 0.838. The minimum atomic E-state index is -3.93. The van der Waals surface area contributed by atoms with Crippen molar-refractivity contribution in [3.63, 3.8) is 0 Å². The summed E-state index contributed by atoms with van der Waals surface area (Å²) in [7, 11) is -1.04. The van der Waals surface area contributed by atoms with Gasteiger partial charge in [-0.15, -0.1) is 0 Å². The van der Waals surface area contributed by atoms with Crippen LogP contribution in [-0.2, 0) is 26.0 Å². The van der Waals surface area contributed by atoms with E-state index in [1.54, 1.807) is 37.3 Å². The fraction of sp³-hybridized carbons (Fsp3) is 0.316. The van der Waals surface area contributed by atoms with E-state index in [2.05, 4.69) is 20.7 Å². The summed E-state index contributed by atoms with van der Waals surface area (Å²) >= 11 is 3.31. The number of rotatable bonds is 9. The van der Waals surface area contributed by atoms with Crippen molar-refractivity contribution < 1.29 is 27.4 Å². The Morgan fingerprint density at radius 3 is 2.25 bits per heavy atom. The molecule has 2 aromatic carbocycles. The van der Waals surface area contributed by atoms with Crippen LogP contribution < -0.4 is 14.2 Å². The molecule has 0 radical (unpaired) electrons. The number of carbonyl (C=O) groups is 1. The number of halogens is 1. The summed E-state index contributed by atoms with van der Waals surface area (Å²) in [4.78, 5) is 11.7. The zero-order chi connectivity index (χ0) is 20.7. The van der Waals surface area contributed by atoms with E-state index in [1.807, 2.05) is 0 Å². The van der Waals surface area contributed by atoms with Gasteiger partial charge < -0.3 is 14.2 Å². The summed E-state index contributed by atoms with van der Waals surface area (Å²) in [6, 6.07) is 9.69. The van der Waals surface area contributed by atoms with Gasteiger partial charge in [-0.25, -0.2) is 8.42 Å². The van der Waals surface area contributed by atoms with Crippen LogP contribution in [0.2, 0.25) is 0 Å². The molecule has 0 spiro atoms. The Morgan fingerprint density at radius 1 is 1.07 bits per heavy atom. The van der Waals surface area contributed by atoms with Crippen LogP contribution in [0.25, 0.3) is 0 Å². The third-order valence-electron chi connectivity index (χ3n) is 3.86. The standard InChI is InChI=1S/C19H22BrNO6S/c1-4-27-19(22)10-5-13-11-16(25-2)17(26-3)12-18(13)28(23,24)21-15-8-6-14(20)7-9-15/h6-9,11-12,21H,4-5,10H2,1-3H3. The van der Waals surface area contributed by atoms with Gasteiger partial charge in [-0.05, 0) is 49.2 Å². The van der Waals surface area contributed by atoms with E-state index in [9.17, 15) is 13.2 Å². The molecule has 0 aromatic heterocycles. The lowest BCUT2D eigenvalue weighted by molar-refractivity contribution is -0.143. The number of aryl methyl sites for hydroxylation is 1. The molecule has 7 nitrogen and oxygen atoms in total. The fourth-order valence-corrected chi connectivity index (χ4v) is 4.13. The van der Waals surface area contributed by atoms with Gasteiger partial charge in [-0.3, -0.25) is 9.52 Å². The van der Waals surface area contributed by atoms with Crippen LogP contribution in [0.15, 0.2) is 45.8 Å². The van der Waals surface area contributed by atoms with Crippen molar-refractivity contribution in [3.05, 3.63) is 46.4 Å². The van der Waals surface area contributed by atoms with Crippen LogP contribution in [0.4, 0.5) is 5.69 Å². The predicted octanol–water partition coefficient (Wildman–Crippen LogP) is 3.76. The van der Waals surface area contributed by atoms with E-state index in [0.717, 1.165) is 4.47 Å². The molecule has 0 aliphatic heterocycles. The number of hydrogen-bond donors (Lipinski definition) is 1. The quantitative estimate of drug-likeness (QED) is 0.559. The second kappa shape index (κ2) is 9.79. The van der Waals surface area contributed by atoms with E-state index >= 15 is 0 Å². The maximum atomic E-state index is 13.0. The number of esters is 1. The van der Waals surface area contributed by atoms with Gasteiger partial charge in [0.2, 0.25) is 0 Å². The predicted molar refractivity (Wildman–Crippen MR) is 109 cm³/mol. The van der Waals surface area contributed by atoms with E-state index < -0.39 is 16.0 Å². The maximum Gasteiger partial charge on any atom is 0.306 e. The molecular weight excluding hydrogens is 450 g/mol. The number of methoxy groups -OCH3 is 2. The molecule has 2 rings (SSSR count). The second-order valence-corrected chi connectivity index (χ2v) is 8.30. The molecule has 28 heavy (non-hydrogen) atoms. The molecule has 0 unspecified atom stereocenters. The van der Waals surface area contributed by atoms with Gasteiger partial charge in [0.05, 0.1) is 25.7 Å².